The summed E-state index contributed by atoms with van der Waals surface area (Å²) in [5.41, 5.74) is 3.85. The zero-order valence-electron chi connectivity index (χ0n) is 19.5. The van der Waals surface area contributed by atoms with Gasteiger partial charge in [0.25, 0.3) is 0 Å². The van der Waals surface area contributed by atoms with Crippen LogP contribution in [0.2, 0.25) is 0 Å². The highest BCUT2D eigenvalue weighted by atomic mass is 127. The number of imidazole rings is 1. The van der Waals surface area contributed by atoms with Gasteiger partial charge in [-0.25, -0.2) is 9.98 Å². The van der Waals surface area contributed by atoms with Gasteiger partial charge in [-0.2, -0.15) is 0 Å². The van der Waals surface area contributed by atoms with E-state index in [1.54, 1.807) is 0 Å². The van der Waals surface area contributed by atoms with E-state index in [1.165, 1.54) is 16.7 Å². The van der Waals surface area contributed by atoms with Gasteiger partial charge in [-0.1, -0.05) is 54.6 Å². The van der Waals surface area contributed by atoms with Gasteiger partial charge in [0.1, 0.15) is 0 Å². The SMILES string of the molecule is CCNC(=NCc1ccc(Cn2ccnc2)cc1)NC1CC(C)N(Cc2ccccc2)C1.I. The predicted octanol–water partition coefficient (Wildman–Crippen LogP) is 4.27. The molecular formula is C26H35IN6. The van der Waals surface area contributed by atoms with Gasteiger partial charge in [0.05, 0.1) is 12.9 Å². The average molecular weight is 559 g/mol. The van der Waals surface area contributed by atoms with Crippen molar-refractivity contribution in [2.75, 3.05) is 13.1 Å². The number of hydrogen-bond acceptors (Lipinski definition) is 3. The molecule has 0 radical (unpaired) electrons. The minimum absolute atomic E-state index is 0. The predicted molar refractivity (Wildman–Crippen MR) is 146 cm³/mol. The summed E-state index contributed by atoms with van der Waals surface area (Å²) >= 11 is 0. The third kappa shape index (κ3) is 7.57. The van der Waals surface area contributed by atoms with Crippen LogP contribution in [0, 0.1) is 0 Å². The van der Waals surface area contributed by atoms with Crippen molar-refractivity contribution in [2.24, 2.45) is 4.99 Å². The third-order valence-corrected chi connectivity index (χ3v) is 5.98. The van der Waals surface area contributed by atoms with Crippen LogP contribution in [-0.4, -0.2) is 45.6 Å². The summed E-state index contributed by atoms with van der Waals surface area (Å²) in [7, 11) is 0. The monoisotopic (exact) mass is 558 g/mol. The number of halogens is 1. The molecule has 176 valence electrons. The molecular weight excluding hydrogens is 523 g/mol. The Bertz CT molecular complexity index is 972. The number of likely N-dealkylation sites (tertiary alicyclic amines) is 1. The summed E-state index contributed by atoms with van der Waals surface area (Å²) in [5, 5.41) is 7.07. The third-order valence-electron chi connectivity index (χ3n) is 5.98. The number of hydrogen-bond donors (Lipinski definition) is 2. The molecule has 0 bridgehead atoms. The Labute approximate surface area is 214 Å². The molecule has 0 aliphatic carbocycles. The van der Waals surface area contributed by atoms with Crippen LogP contribution in [0.5, 0.6) is 0 Å². The van der Waals surface area contributed by atoms with Gasteiger partial charge in [0, 0.05) is 50.7 Å². The molecule has 7 heteroatoms. The largest absolute Gasteiger partial charge is 0.357 e. The first kappa shape index (κ1) is 25.2. The van der Waals surface area contributed by atoms with E-state index in [0.29, 0.717) is 18.6 Å². The van der Waals surface area contributed by atoms with Crippen molar-refractivity contribution in [3.63, 3.8) is 0 Å². The van der Waals surface area contributed by atoms with Crippen molar-refractivity contribution in [1.82, 2.24) is 25.1 Å². The maximum Gasteiger partial charge on any atom is 0.191 e. The quantitative estimate of drug-likeness (QED) is 0.247. The molecule has 0 amide bonds. The molecule has 1 aliphatic heterocycles. The second kappa shape index (κ2) is 12.7. The van der Waals surface area contributed by atoms with E-state index in [4.69, 9.17) is 4.99 Å². The summed E-state index contributed by atoms with van der Waals surface area (Å²) < 4.78 is 2.07. The fourth-order valence-corrected chi connectivity index (χ4v) is 4.27. The fourth-order valence-electron chi connectivity index (χ4n) is 4.27. The van der Waals surface area contributed by atoms with Gasteiger partial charge >= 0.3 is 0 Å². The molecule has 2 heterocycles. The minimum atomic E-state index is 0. The minimum Gasteiger partial charge on any atom is -0.357 e. The molecule has 1 aliphatic rings. The van der Waals surface area contributed by atoms with Gasteiger partial charge in [0.2, 0.25) is 0 Å². The maximum atomic E-state index is 4.85. The number of nitrogens with zero attached hydrogens (tertiary/aromatic N) is 4. The lowest BCUT2D eigenvalue weighted by atomic mass is 10.1. The smallest absolute Gasteiger partial charge is 0.191 e. The van der Waals surface area contributed by atoms with Crippen molar-refractivity contribution in [3.05, 3.63) is 90.0 Å². The van der Waals surface area contributed by atoms with Gasteiger partial charge < -0.3 is 15.2 Å². The average Bonchev–Trinajstić information content (AvgIpc) is 3.43. The lowest BCUT2D eigenvalue weighted by Crippen LogP contribution is -2.44. The lowest BCUT2D eigenvalue weighted by Gasteiger charge is -2.21. The van der Waals surface area contributed by atoms with E-state index in [2.05, 4.69) is 93.5 Å². The topological polar surface area (TPSA) is 57.5 Å². The van der Waals surface area contributed by atoms with E-state index in [-0.39, 0.29) is 24.0 Å². The number of rotatable bonds is 8. The van der Waals surface area contributed by atoms with Crippen LogP contribution in [0.4, 0.5) is 0 Å². The van der Waals surface area contributed by atoms with Crippen molar-refractivity contribution < 1.29 is 0 Å². The van der Waals surface area contributed by atoms with Crippen LogP contribution in [0.1, 0.15) is 37.0 Å². The van der Waals surface area contributed by atoms with Crippen LogP contribution in [0.25, 0.3) is 0 Å². The van der Waals surface area contributed by atoms with Crippen molar-refractivity contribution >= 4 is 29.9 Å². The summed E-state index contributed by atoms with van der Waals surface area (Å²) in [6.45, 7) is 8.82. The first-order valence-electron chi connectivity index (χ1n) is 11.6. The molecule has 0 saturated carbocycles. The molecule has 2 atom stereocenters. The number of nitrogens with one attached hydrogen (secondary N) is 2. The normalized spacial score (nSPS) is 18.7. The van der Waals surface area contributed by atoms with Crippen molar-refractivity contribution in [2.45, 2.75) is 52.0 Å². The van der Waals surface area contributed by atoms with E-state index >= 15 is 0 Å². The highest BCUT2D eigenvalue weighted by Crippen LogP contribution is 2.20. The van der Waals surface area contributed by atoms with E-state index in [9.17, 15) is 0 Å². The first-order valence-corrected chi connectivity index (χ1v) is 11.6. The van der Waals surface area contributed by atoms with Crippen LogP contribution in [0.15, 0.2) is 78.3 Å². The van der Waals surface area contributed by atoms with Gasteiger partial charge in [0.15, 0.2) is 5.96 Å². The lowest BCUT2D eigenvalue weighted by molar-refractivity contribution is 0.258. The van der Waals surface area contributed by atoms with Crippen LogP contribution in [-0.2, 0) is 19.6 Å². The molecule has 0 spiro atoms. The highest BCUT2D eigenvalue weighted by molar-refractivity contribution is 14.0. The highest BCUT2D eigenvalue weighted by Gasteiger charge is 2.29. The molecule has 1 aromatic heterocycles. The Morgan fingerprint density at radius 3 is 2.45 bits per heavy atom. The Balaban J connectivity index is 0.00000306. The molecule has 1 saturated heterocycles. The zero-order valence-corrected chi connectivity index (χ0v) is 21.9. The van der Waals surface area contributed by atoms with Crippen LogP contribution < -0.4 is 10.6 Å². The number of aliphatic imine (C=N–C) groups is 1. The number of benzene rings is 2. The summed E-state index contributed by atoms with van der Waals surface area (Å²) in [4.78, 5) is 11.5. The molecule has 3 aromatic rings. The maximum absolute atomic E-state index is 4.85. The number of guanidine groups is 1. The summed E-state index contributed by atoms with van der Waals surface area (Å²) in [6.07, 6.45) is 6.76. The first-order chi connectivity index (χ1) is 15.7. The Morgan fingerprint density at radius 2 is 1.76 bits per heavy atom. The Hall–Kier alpha value is -2.39. The van der Waals surface area contributed by atoms with Gasteiger partial charge in [-0.3, -0.25) is 4.90 Å². The molecule has 4 rings (SSSR count). The number of aromatic nitrogens is 2. The molecule has 2 unspecified atom stereocenters. The molecule has 6 nitrogen and oxygen atoms in total. The van der Waals surface area contributed by atoms with E-state index in [1.807, 2.05) is 18.7 Å². The molecule has 2 N–H and O–H groups in total. The van der Waals surface area contributed by atoms with Crippen molar-refractivity contribution in [1.29, 1.82) is 0 Å². The van der Waals surface area contributed by atoms with Gasteiger partial charge in [-0.05, 0) is 37.0 Å². The Morgan fingerprint density at radius 1 is 1.03 bits per heavy atom. The standard InChI is InChI=1S/C26H34N6.HI/c1-3-28-26(29-16-22-9-11-24(12-10-22)17-31-14-13-27-20-31)30-25-15-21(2)32(19-25)18-23-7-5-4-6-8-23;/h4-14,20-21,25H,3,15-19H2,1-2H3,(H2,28,29,30);1H. The molecule has 1 fully saturated rings. The van der Waals surface area contributed by atoms with Crippen molar-refractivity contribution in [3.8, 4) is 0 Å². The van der Waals surface area contributed by atoms with E-state index in [0.717, 1.165) is 38.6 Å². The van der Waals surface area contributed by atoms with Gasteiger partial charge in [-0.15, -0.1) is 24.0 Å². The van der Waals surface area contributed by atoms with E-state index < -0.39 is 0 Å². The molecule has 33 heavy (non-hydrogen) atoms. The second-order valence-corrected chi connectivity index (χ2v) is 8.59. The molecule has 2 aromatic carbocycles. The second-order valence-electron chi connectivity index (χ2n) is 8.59. The summed E-state index contributed by atoms with van der Waals surface area (Å²) in [6, 6.07) is 20.4. The summed E-state index contributed by atoms with van der Waals surface area (Å²) in [5.74, 6) is 0.897. The fraction of sp³-hybridized carbons (Fsp3) is 0.385. The van der Waals surface area contributed by atoms with Crippen LogP contribution >= 0.6 is 24.0 Å². The Kier molecular flexibility index (Phi) is 9.75. The zero-order chi connectivity index (χ0) is 22.2. The van der Waals surface area contributed by atoms with Crippen LogP contribution in [0.3, 0.4) is 0 Å².